The fourth-order valence-electron chi connectivity index (χ4n) is 3.39. The van der Waals surface area contributed by atoms with Crippen molar-refractivity contribution in [2.24, 2.45) is 0 Å². The second kappa shape index (κ2) is 8.48. The predicted octanol–water partition coefficient (Wildman–Crippen LogP) is 0.651. The molecule has 2 aromatic rings. The number of nitrogens with one attached hydrogen (secondary N) is 3. The highest BCUT2D eigenvalue weighted by molar-refractivity contribution is 6.30. The molecule has 1 aliphatic rings. The number of benzene rings is 2. The molecule has 4 nitrogen and oxygen atoms in total. The van der Waals surface area contributed by atoms with Crippen molar-refractivity contribution in [2.45, 2.75) is 19.5 Å². The molecule has 1 atom stereocenters. The number of carbonyl (C=O) groups excluding carboxylic acids is 1. The minimum atomic E-state index is -0.0473. The summed E-state index contributed by atoms with van der Waals surface area (Å²) in [6.07, 6.45) is 0. The van der Waals surface area contributed by atoms with Gasteiger partial charge in [0.1, 0.15) is 32.7 Å². The van der Waals surface area contributed by atoms with Gasteiger partial charge in [0.15, 0.2) is 6.04 Å². The van der Waals surface area contributed by atoms with Gasteiger partial charge in [-0.15, -0.1) is 0 Å². The summed E-state index contributed by atoms with van der Waals surface area (Å²) in [6, 6.07) is 17.8. The standard InChI is InChI=1S/C20H24ClN3O/c1-16(20(25)22-19-9-7-18(21)8-10-19)24-13-11-23(12-14-24)15-17-5-3-2-4-6-17/h2-10,16H,11-15H2,1H3,(H,22,25)/p+2/t16-/m0/s1. The van der Waals surface area contributed by atoms with E-state index >= 15 is 0 Å². The van der Waals surface area contributed by atoms with Crippen LogP contribution in [0.5, 0.6) is 0 Å². The lowest BCUT2D eigenvalue weighted by Gasteiger charge is -2.32. The van der Waals surface area contributed by atoms with E-state index in [0.717, 1.165) is 38.4 Å². The molecular formula is C20H26ClN3O+2. The highest BCUT2D eigenvalue weighted by Gasteiger charge is 2.31. The van der Waals surface area contributed by atoms with Crippen molar-refractivity contribution < 1.29 is 14.6 Å². The number of halogens is 1. The third-order valence-corrected chi connectivity index (χ3v) is 5.27. The first-order valence-electron chi connectivity index (χ1n) is 8.90. The molecule has 3 rings (SSSR count). The predicted molar refractivity (Wildman–Crippen MR) is 101 cm³/mol. The van der Waals surface area contributed by atoms with Gasteiger partial charge in [0.2, 0.25) is 0 Å². The maximum absolute atomic E-state index is 12.5. The maximum atomic E-state index is 12.5. The van der Waals surface area contributed by atoms with E-state index in [0.29, 0.717) is 5.02 Å². The summed E-state index contributed by atoms with van der Waals surface area (Å²) >= 11 is 5.89. The summed E-state index contributed by atoms with van der Waals surface area (Å²) < 4.78 is 0. The lowest BCUT2D eigenvalue weighted by molar-refractivity contribution is -1.02. The molecule has 0 aliphatic carbocycles. The van der Waals surface area contributed by atoms with E-state index < -0.39 is 0 Å². The van der Waals surface area contributed by atoms with Gasteiger partial charge >= 0.3 is 0 Å². The molecule has 3 N–H and O–H groups in total. The first-order valence-corrected chi connectivity index (χ1v) is 9.28. The van der Waals surface area contributed by atoms with Crippen LogP contribution < -0.4 is 15.1 Å². The first kappa shape index (κ1) is 17.9. The van der Waals surface area contributed by atoms with Gasteiger partial charge in [-0.25, -0.2) is 0 Å². The minimum absolute atomic E-state index is 0.0473. The molecule has 1 saturated heterocycles. The molecule has 0 radical (unpaired) electrons. The fourth-order valence-corrected chi connectivity index (χ4v) is 3.51. The Hall–Kier alpha value is -1.88. The summed E-state index contributed by atoms with van der Waals surface area (Å²) in [4.78, 5) is 15.5. The van der Waals surface area contributed by atoms with E-state index in [1.165, 1.54) is 10.5 Å². The van der Waals surface area contributed by atoms with Crippen LogP contribution in [0.25, 0.3) is 0 Å². The van der Waals surface area contributed by atoms with E-state index in [9.17, 15) is 4.79 Å². The minimum Gasteiger partial charge on any atom is -0.322 e. The molecule has 132 valence electrons. The van der Waals surface area contributed by atoms with Gasteiger partial charge in [-0.2, -0.15) is 0 Å². The number of hydrogen-bond acceptors (Lipinski definition) is 1. The lowest BCUT2D eigenvalue weighted by atomic mass is 10.1. The smallest absolute Gasteiger partial charge is 0.282 e. The molecule has 0 saturated carbocycles. The number of anilines is 1. The number of hydrogen-bond donors (Lipinski definition) is 3. The van der Waals surface area contributed by atoms with Gasteiger partial charge < -0.3 is 15.1 Å². The van der Waals surface area contributed by atoms with E-state index in [2.05, 4.69) is 35.6 Å². The third-order valence-electron chi connectivity index (χ3n) is 5.01. The number of piperazine rings is 1. The molecule has 0 spiro atoms. The van der Waals surface area contributed by atoms with Crippen LogP contribution in [0.3, 0.4) is 0 Å². The van der Waals surface area contributed by atoms with Crippen LogP contribution in [-0.2, 0) is 11.3 Å². The fraction of sp³-hybridized carbons (Fsp3) is 0.350. The van der Waals surface area contributed by atoms with Crippen molar-refractivity contribution in [3.05, 3.63) is 65.2 Å². The van der Waals surface area contributed by atoms with Crippen molar-refractivity contribution in [1.82, 2.24) is 0 Å². The Kier molecular flexibility index (Phi) is 6.08. The van der Waals surface area contributed by atoms with Gasteiger partial charge in [0, 0.05) is 16.3 Å². The molecular weight excluding hydrogens is 334 g/mol. The summed E-state index contributed by atoms with van der Waals surface area (Å²) in [7, 11) is 0. The van der Waals surface area contributed by atoms with Gasteiger partial charge in [-0.3, -0.25) is 4.79 Å². The van der Waals surface area contributed by atoms with Crippen LogP contribution in [0.2, 0.25) is 5.02 Å². The normalized spacial score (nSPS) is 21.5. The van der Waals surface area contributed by atoms with Crippen molar-refractivity contribution >= 4 is 23.2 Å². The molecule has 2 aromatic carbocycles. The number of carbonyl (C=O) groups is 1. The molecule has 5 heteroatoms. The van der Waals surface area contributed by atoms with Gasteiger partial charge in [-0.05, 0) is 31.2 Å². The van der Waals surface area contributed by atoms with E-state index in [1.54, 1.807) is 17.0 Å². The molecule has 1 fully saturated rings. The summed E-state index contributed by atoms with van der Waals surface area (Å²) in [5.74, 6) is 0.0730. The first-order chi connectivity index (χ1) is 12.1. The van der Waals surface area contributed by atoms with Gasteiger partial charge in [-0.1, -0.05) is 41.9 Å². The second-order valence-electron chi connectivity index (χ2n) is 6.79. The number of amides is 1. The zero-order valence-corrected chi connectivity index (χ0v) is 15.4. The number of rotatable bonds is 5. The van der Waals surface area contributed by atoms with E-state index in [1.807, 2.05) is 19.1 Å². The highest BCUT2D eigenvalue weighted by Crippen LogP contribution is 2.13. The lowest BCUT2D eigenvalue weighted by Crippen LogP contribution is -3.29. The van der Waals surface area contributed by atoms with Gasteiger partial charge in [0.05, 0.1) is 0 Å². The van der Waals surface area contributed by atoms with Crippen LogP contribution >= 0.6 is 11.6 Å². The van der Waals surface area contributed by atoms with E-state index in [4.69, 9.17) is 11.6 Å². The van der Waals surface area contributed by atoms with Crippen LogP contribution in [0.15, 0.2) is 54.6 Å². The van der Waals surface area contributed by atoms with Crippen LogP contribution in [0, 0.1) is 0 Å². The largest absolute Gasteiger partial charge is 0.322 e. The van der Waals surface area contributed by atoms with Gasteiger partial charge in [0.25, 0.3) is 5.91 Å². The Morgan fingerprint density at radius 2 is 1.68 bits per heavy atom. The Morgan fingerprint density at radius 1 is 1.04 bits per heavy atom. The average Bonchev–Trinajstić information content (AvgIpc) is 2.64. The number of quaternary nitrogens is 2. The van der Waals surface area contributed by atoms with Crippen LogP contribution in [0.1, 0.15) is 12.5 Å². The van der Waals surface area contributed by atoms with E-state index in [-0.39, 0.29) is 11.9 Å². The zero-order chi connectivity index (χ0) is 17.6. The van der Waals surface area contributed by atoms with Crippen LogP contribution in [0.4, 0.5) is 5.69 Å². The topological polar surface area (TPSA) is 38.0 Å². The summed E-state index contributed by atoms with van der Waals surface area (Å²) in [6.45, 7) is 7.34. The molecule has 25 heavy (non-hydrogen) atoms. The zero-order valence-electron chi connectivity index (χ0n) is 14.6. The Bertz CT molecular complexity index is 682. The van der Waals surface area contributed by atoms with Crippen molar-refractivity contribution in [2.75, 3.05) is 31.5 Å². The molecule has 0 bridgehead atoms. The summed E-state index contributed by atoms with van der Waals surface area (Å²) in [5, 5.41) is 3.67. The van der Waals surface area contributed by atoms with Crippen molar-refractivity contribution in [3.8, 4) is 0 Å². The molecule has 0 aromatic heterocycles. The molecule has 1 heterocycles. The monoisotopic (exact) mass is 359 g/mol. The Balaban J connectivity index is 1.48. The Labute approximate surface area is 154 Å². The van der Waals surface area contributed by atoms with Crippen molar-refractivity contribution in [3.63, 3.8) is 0 Å². The van der Waals surface area contributed by atoms with Crippen molar-refractivity contribution in [1.29, 1.82) is 0 Å². The third kappa shape index (κ3) is 5.05. The quantitative estimate of drug-likeness (QED) is 0.720. The summed E-state index contributed by atoms with van der Waals surface area (Å²) in [5.41, 5.74) is 2.18. The van der Waals surface area contributed by atoms with Crippen LogP contribution in [-0.4, -0.2) is 38.1 Å². The maximum Gasteiger partial charge on any atom is 0.282 e. The SMILES string of the molecule is C[C@@H](C(=O)Nc1ccc(Cl)cc1)[NH+]1CC[NH+](Cc2ccccc2)CC1. The highest BCUT2D eigenvalue weighted by atomic mass is 35.5. The second-order valence-corrected chi connectivity index (χ2v) is 7.22. The molecule has 0 unspecified atom stereocenters. The molecule has 1 amide bonds. The average molecular weight is 360 g/mol. The Morgan fingerprint density at radius 3 is 2.32 bits per heavy atom. The molecule has 1 aliphatic heterocycles.